The summed E-state index contributed by atoms with van der Waals surface area (Å²) in [6.45, 7) is 5.81. The minimum atomic E-state index is -4.10. The molecule has 1 saturated heterocycles. The number of carbonyl (C=O) groups excluding carboxylic acids is 3. The van der Waals surface area contributed by atoms with Crippen LogP contribution in [0.25, 0.3) is 0 Å². The van der Waals surface area contributed by atoms with Crippen LogP contribution in [0.5, 0.6) is 5.75 Å². The summed E-state index contributed by atoms with van der Waals surface area (Å²) in [6, 6.07) is 18.4. The van der Waals surface area contributed by atoms with Gasteiger partial charge in [0.25, 0.3) is 5.91 Å². The van der Waals surface area contributed by atoms with E-state index in [9.17, 15) is 36.3 Å². The SMILES string of the molecule is COc1ccc(CS(=O)(=O)C[C@@H](NS(C)(=O)=O)C(=O)N[C@@H](Cc2ccccc2)[C@H](O)C(=O)N2CSC(C)(C)[C@H]2C(=O)NCc2ccccc2C)cc1. The first kappa shape index (κ1) is 40.8. The number of methoxy groups -OCH3 is 1. The quantitative estimate of drug-likeness (QED) is 0.168. The summed E-state index contributed by atoms with van der Waals surface area (Å²) in [5, 5.41) is 17.1. The van der Waals surface area contributed by atoms with Crippen molar-refractivity contribution in [2.24, 2.45) is 0 Å². The van der Waals surface area contributed by atoms with Crippen LogP contribution in [0.3, 0.4) is 0 Å². The lowest BCUT2D eigenvalue weighted by atomic mass is 9.97. The predicted molar refractivity (Wildman–Crippen MR) is 201 cm³/mol. The Morgan fingerprint density at radius 3 is 2.21 bits per heavy atom. The molecule has 3 aromatic carbocycles. The highest BCUT2D eigenvalue weighted by Gasteiger charge is 2.50. The first-order valence-corrected chi connectivity index (χ1v) is 21.2. The van der Waals surface area contributed by atoms with Gasteiger partial charge in [0.15, 0.2) is 15.9 Å². The maximum absolute atomic E-state index is 14.1. The number of benzene rings is 3. The number of sulfone groups is 1. The molecule has 0 spiro atoms. The van der Waals surface area contributed by atoms with Crippen molar-refractivity contribution < 1.29 is 41.1 Å². The van der Waals surface area contributed by atoms with Gasteiger partial charge in [-0.25, -0.2) is 21.6 Å². The number of sulfonamides is 1. The van der Waals surface area contributed by atoms with Gasteiger partial charge < -0.3 is 25.4 Å². The summed E-state index contributed by atoms with van der Waals surface area (Å²) in [6.07, 6.45) is -1.17. The molecule has 1 aliphatic rings. The molecule has 0 saturated carbocycles. The molecule has 4 N–H and O–H groups in total. The summed E-state index contributed by atoms with van der Waals surface area (Å²) in [5.74, 6) is -3.09. The number of amides is 3. The van der Waals surface area contributed by atoms with Crippen molar-refractivity contribution in [2.75, 3.05) is 25.0 Å². The van der Waals surface area contributed by atoms with Gasteiger partial charge in [-0.05, 0) is 61.6 Å². The highest BCUT2D eigenvalue weighted by molar-refractivity contribution is 8.00. The fourth-order valence-corrected chi connectivity index (χ4v) is 9.46. The van der Waals surface area contributed by atoms with E-state index in [1.807, 2.05) is 45.0 Å². The molecule has 13 nitrogen and oxygen atoms in total. The third kappa shape index (κ3) is 11.3. The molecule has 1 heterocycles. The van der Waals surface area contributed by atoms with Crippen molar-refractivity contribution in [1.82, 2.24) is 20.3 Å². The van der Waals surface area contributed by atoms with Gasteiger partial charge in [-0.1, -0.05) is 66.7 Å². The lowest BCUT2D eigenvalue weighted by Gasteiger charge is -2.33. The number of nitrogens with one attached hydrogen (secondary N) is 3. The minimum Gasteiger partial charge on any atom is -0.497 e. The Kier molecular flexibility index (Phi) is 13.5. The van der Waals surface area contributed by atoms with Crippen LogP contribution in [0.1, 0.15) is 36.1 Å². The molecule has 0 radical (unpaired) electrons. The second-order valence-corrected chi connectivity index (χ2v) is 18.8. The number of nitrogens with zero attached hydrogens (tertiary/aromatic N) is 1. The average Bonchev–Trinajstić information content (AvgIpc) is 3.41. The molecule has 1 aliphatic heterocycles. The zero-order valence-electron chi connectivity index (χ0n) is 29.7. The number of aryl methyl sites for hydroxylation is 1. The van der Waals surface area contributed by atoms with E-state index in [1.54, 1.807) is 54.6 Å². The van der Waals surface area contributed by atoms with Crippen molar-refractivity contribution in [3.63, 3.8) is 0 Å². The van der Waals surface area contributed by atoms with Crippen LogP contribution in [-0.4, -0.2) is 98.5 Å². The lowest BCUT2D eigenvalue weighted by Crippen LogP contribution is -2.60. The van der Waals surface area contributed by atoms with Crippen LogP contribution >= 0.6 is 11.8 Å². The molecule has 3 aromatic rings. The number of ether oxygens (including phenoxy) is 1. The van der Waals surface area contributed by atoms with Crippen LogP contribution in [0, 0.1) is 6.92 Å². The fraction of sp³-hybridized carbons (Fsp3) is 0.417. The van der Waals surface area contributed by atoms with Gasteiger partial charge >= 0.3 is 0 Å². The Morgan fingerprint density at radius 2 is 1.60 bits per heavy atom. The van der Waals surface area contributed by atoms with E-state index in [0.29, 0.717) is 16.9 Å². The van der Waals surface area contributed by atoms with Crippen molar-refractivity contribution in [2.45, 2.75) is 68.5 Å². The summed E-state index contributed by atoms with van der Waals surface area (Å²) < 4.78 is 57.7. The Hall–Kier alpha value is -3.96. The number of carbonyl (C=O) groups is 3. The van der Waals surface area contributed by atoms with E-state index in [0.717, 1.165) is 17.4 Å². The number of hydrogen-bond donors (Lipinski definition) is 4. The summed E-state index contributed by atoms with van der Waals surface area (Å²) in [5.41, 5.74) is 2.92. The number of aliphatic hydroxyl groups is 1. The van der Waals surface area contributed by atoms with E-state index < -0.39 is 78.1 Å². The molecule has 52 heavy (non-hydrogen) atoms. The summed E-state index contributed by atoms with van der Waals surface area (Å²) in [7, 11) is -6.72. The van der Waals surface area contributed by atoms with Crippen LogP contribution in [0.4, 0.5) is 0 Å². The van der Waals surface area contributed by atoms with Gasteiger partial charge in [0.05, 0.1) is 36.8 Å². The number of thioether (sulfide) groups is 1. The molecular formula is C36H46N4O9S3. The van der Waals surface area contributed by atoms with Crippen molar-refractivity contribution in [1.29, 1.82) is 0 Å². The van der Waals surface area contributed by atoms with Gasteiger partial charge in [0, 0.05) is 11.3 Å². The highest BCUT2D eigenvalue weighted by atomic mass is 32.2. The highest BCUT2D eigenvalue weighted by Crippen LogP contribution is 2.40. The smallest absolute Gasteiger partial charge is 0.254 e. The van der Waals surface area contributed by atoms with Crippen LogP contribution < -0.4 is 20.1 Å². The van der Waals surface area contributed by atoms with E-state index in [1.165, 1.54) is 23.8 Å². The van der Waals surface area contributed by atoms with Gasteiger partial charge in [0.2, 0.25) is 21.8 Å². The van der Waals surface area contributed by atoms with Crippen LogP contribution in [0.15, 0.2) is 78.9 Å². The fourth-order valence-electron chi connectivity index (χ4n) is 5.95. The lowest BCUT2D eigenvalue weighted by molar-refractivity contribution is -0.147. The molecule has 16 heteroatoms. The summed E-state index contributed by atoms with van der Waals surface area (Å²) in [4.78, 5) is 42.8. The predicted octanol–water partition coefficient (Wildman–Crippen LogP) is 1.92. The zero-order valence-corrected chi connectivity index (χ0v) is 32.2. The molecule has 1 fully saturated rings. The molecule has 3 amide bonds. The van der Waals surface area contributed by atoms with Crippen molar-refractivity contribution in [3.05, 3.63) is 101 Å². The first-order valence-electron chi connectivity index (χ1n) is 16.5. The zero-order chi connectivity index (χ0) is 38.3. The molecule has 4 atom stereocenters. The second kappa shape index (κ2) is 17.2. The van der Waals surface area contributed by atoms with Crippen LogP contribution in [0.2, 0.25) is 0 Å². The molecule has 0 aliphatic carbocycles. The Labute approximate surface area is 309 Å². The normalized spacial score (nSPS) is 17.5. The number of hydrogen-bond acceptors (Lipinski definition) is 10. The molecule has 0 bridgehead atoms. The standard InChI is InChI=1S/C36H46N4O9S3/c1-24-11-9-10-14-27(24)20-37-34(43)32-36(2,3)50-23-40(32)35(44)31(41)29(19-25-12-7-6-8-13-25)38-33(42)30(39-51(5,45)46)22-52(47,48)21-26-15-17-28(49-4)18-16-26/h6-18,29-32,39,41H,19-23H2,1-5H3,(H,37,43)(H,38,42)/t29-,30+,31-,32+/m0/s1. The monoisotopic (exact) mass is 774 g/mol. The van der Waals surface area contributed by atoms with Gasteiger partial charge in [-0.3, -0.25) is 14.4 Å². The Bertz CT molecular complexity index is 1940. The van der Waals surface area contributed by atoms with Crippen molar-refractivity contribution >= 4 is 49.3 Å². The maximum Gasteiger partial charge on any atom is 0.254 e. The van der Waals surface area contributed by atoms with Crippen molar-refractivity contribution in [3.8, 4) is 5.75 Å². The van der Waals surface area contributed by atoms with Gasteiger partial charge in [-0.2, -0.15) is 0 Å². The van der Waals surface area contributed by atoms with E-state index in [4.69, 9.17) is 4.74 Å². The number of aliphatic hydroxyl groups excluding tert-OH is 1. The van der Waals surface area contributed by atoms with Gasteiger partial charge in [-0.15, -0.1) is 11.8 Å². The molecule has 4 rings (SSSR count). The Morgan fingerprint density at radius 1 is 0.962 bits per heavy atom. The van der Waals surface area contributed by atoms with E-state index in [2.05, 4.69) is 15.4 Å². The molecule has 0 aromatic heterocycles. The molecule has 282 valence electrons. The average molecular weight is 775 g/mol. The van der Waals surface area contributed by atoms with Gasteiger partial charge in [0.1, 0.15) is 17.8 Å². The Balaban J connectivity index is 1.57. The second-order valence-electron chi connectivity index (χ2n) is 13.3. The van der Waals surface area contributed by atoms with E-state index in [-0.39, 0.29) is 18.8 Å². The third-order valence-corrected chi connectivity index (χ3v) is 12.4. The number of rotatable bonds is 16. The molecule has 0 unspecified atom stereocenters. The molecular weight excluding hydrogens is 729 g/mol. The van der Waals surface area contributed by atoms with E-state index >= 15 is 0 Å². The maximum atomic E-state index is 14.1. The third-order valence-electron chi connectivity index (χ3n) is 8.69. The van der Waals surface area contributed by atoms with Crippen LogP contribution in [-0.2, 0) is 53.0 Å². The summed E-state index contributed by atoms with van der Waals surface area (Å²) >= 11 is 1.36. The first-order chi connectivity index (χ1) is 24.4. The largest absolute Gasteiger partial charge is 0.497 e. The topological polar surface area (TPSA) is 188 Å². The minimum absolute atomic E-state index is 0.0712.